The molecule has 2 unspecified atom stereocenters. The first-order valence-corrected chi connectivity index (χ1v) is 14.1. The molecule has 3 N–H and O–H groups in total. The Balaban J connectivity index is 1.81. The molecule has 1 heterocycles. The first-order valence-electron chi connectivity index (χ1n) is 12.7. The summed E-state index contributed by atoms with van der Waals surface area (Å²) in [7, 11) is -2.42. The van der Waals surface area contributed by atoms with Crippen molar-refractivity contribution in [2.75, 3.05) is 13.1 Å². The Bertz CT molecular complexity index is 579. The van der Waals surface area contributed by atoms with Gasteiger partial charge in [0.25, 0.3) is 0 Å². The van der Waals surface area contributed by atoms with E-state index in [0.717, 1.165) is 44.9 Å². The molecule has 0 spiro atoms. The first kappa shape index (κ1) is 29.9. The smallest absolute Gasteiger partial charge is 0.232 e. The van der Waals surface area contributed by atoms with Gasteiger partial charge >= 0.3 is 0 Å². The highest BCUT2D eigenvalue weighted by atomic mass is 31.2. The molecule has 1 aliphatic heterocycles. The molecule has 0 aromatic rings. The van der Waals surface area contributed by atoms with Gasteiger partial charge in [-0.25, -0.2) is 4.39 Å². The topological polar surface area (TPSA) is 107 Å². The molecule has 1 rings (SSSR count). The Morgan fingerprint density at radius 1 is 0.970 bits per heavy atom. The third-order valence-electron chi connectivity index (χ3n) is 6.22. The number of carbonyl (C=O) groups excluding carboxylic acids is 3. The van der Waals surface area contributed by atoms with Crippen LogP contribution >= 0.6 is 8.38 Å². The van der Waals surface area contributed by atoms with E-state index in [9.17, 15) is 18.8 Å². The van der Waals surface area contributed by atoms with Crippen molar-refractivity contribution >= 4 is 26.1 Å². The summed E-state index contributed by atoms with van der Waals surface area (Å²) in [6.45, 7) is 2.35. The van der Waals surface area contributed by atoms with Crippen molar-refractivity contribution in [2.24, 2.45) is 5.92 Å². The van der Waals surface area contributed by atoms with Crippen LogP contribution in [0.2, 0.25) is 0 Å². The Kier molecular flexibility index (Phi) is 16.5. The van der Waals surface area contributed by atoms with Crippen molar-refractivity contribution in [3.05, 3.63) is 0 Å². The molecule has 2 atom stereocenters. The van der Waals surface area contributed by atoms with Crippen LogP contribution in [0.4, 0.5) is 4.39 Å². The summed E-state index contributed by atoms with van der Waals surface area (Å²) in [4.78, 5) is 54.1. The highest BCUT2D eigenvalue weighted by molar-refractivity contribution is 7.45. The SMILES string of the molecule is CC1CC(=O)N(CCNC(=O)CCCCCCCCCCCCCCCC(F)P(O)O)C1=O. The summed E-state index contributed by atoms with van der Waals surface area (Å²) in [5.74, 6) is -1.99. The van der Waals surface area contributed by atoms with Crippen molar-refractivity contribution in [1.82, 2.24) is 10.2 Å². The predicted molar refractivity (Wildman–Crippen MR) is 129 cm³/mol. The number of hydrogen-bond acceptors (Lipinski definition) is 5. The average Bonchev–Trinajstić information content (AvgIpc) is 3.01. The summed E-state index contributed by atoms with van der Waals surface area (Å²) in [5, 5.41) is 2.80. The van der Waals surface area contributed by atoms with Crippen molar-refractivity contribution in [2.45, 2.75) is 116 Å². The van der Waals surface area contributed by atoms with Gasteiger partial charge in [0.1, 0.15) is 0 Å². The quantitative estimate of drug-likeness (QED) is 0.127. The molecule has 9 heteroatoms. The van der Waals surface area contributed by atoms with Gasteiger partial charge < -0.3 is 15.1 Å². The maximum atomic E-state index is 13.0. The largest absolute Gasteiger partial charge is 0.354 e. The van der Waals surface area contributed by atoms with Crippen molar-refractivity contribution in [3.63, 3.8) is 0 Å². The van der Waals surface area contributed by atoms with E-state index in [1.165, 1.54) is 43.4 Å². The van der Waals surface area contributed by atoms with Gasteiger partial charge in [0.05, 0.1) is 0 Å². The number of likely N-dealkylation sites (tertiary alicyclic amines) is 1. The number of rotatable bonds is 20. The third-order valence-corrected chi connectivity index (χ3v) is 6.98. The molecule has 1 saturated heterocycles. The van der Waals surface area contributed by atoms with E-state index in [0.29, 0.717) is 13.0 Å². The summed E-state index contributed by atoms with van der Waals surface area (Å²) in [5.41, 5.74) is 0. The van der Waals surface area contributed by atoms with Crippen LogP contribution in [-0.4, -0.2) is 51.4 Å². The number of alkyl halides is 1. The number of unbranched alkanes of at least 4 members (excludes halogenated alkanes) is 12. The predicted octanol–water partition coefficient (Wildman–Crippen LogP) is 4.94. The Morgan fingerprint density at radius 2 is 1.45 bits per heavy atom. The number of amides is 3. The second kappa shape index (κ2) is 18.2. The molecule has 3 amide bonds. The summed E-state index contributed by atoms with van der Waals surface area (Å²) in [6.07, 6.45) is 15.4. The summed E-state index contributed by atoms with van der Waals surface area (Å²) >= 11 is 0. The molecule has 1 aliphatic rings. The van der Waals surface area contributed by atoms with Crippen molar-refractivity contribution in [1.29, 1.82) is 0 Å². The minimum Gasteiger partial charge on any atom is -0.354 e. The minimum absolute atomic E-state index is 0.0153. The van der Waals surface area contributed by atoms with Crippen molar-refractivity contribution < 1.29 is 28.6 Å². The molecule has 0 saturated carbocycles. The summed E-state index contributed by atoms with van der Waals surface area (Å²) < 4.78 is 13.0. The van der Waals surface area contributed by atoms with E-state index < -0.39 is 14.3 Å². The van der Waals surface area contributed by atoms with Crippen LogP contribution in [0.5, 0.6) is 0 Å². The lowest BCUT2D eigenvalue weighted by Gasteiger charge is -2.14. The van der Waals surface area contributed by atoms with Crippen LogP contribution in [0.15, 0.2) is 0 Å². The number of imide groups is 1. The van der Waals surface area contributed by atoms with Crippen LogP contribution in [0.3, 0.4) is 0 Å². The molecule has 7 nitrogen and oxygen atoms in total. The first-order chi connectivity index (χ1) is 15.8. The highest BCUT2D eigenvalue weighted by Crippen LogP contribution is 2.35. The van der Waals surface area contributed by atoms with E-state index in [1.54, 1.807) is 6.92 Å². The fourth-order valence-electron chi connectivity index (χ4n) is 4.14. The second-order valence-electron chi connectivity index (χ2n) is 9.23. The fraction of sp³-hybridized carbons (Fsp3) is 0.875. The maximum absolute atomic E-state index is 13.0. The zero-order valence-corrected chi connectivity index (χ0v) is 21.2. The van der Waals surface area contributed by atoms with E-state index in [-0.39, 0.29) is 43.0 Å². The van der Waals surface area contributed by atoms with E-state index in [4.69, 9.17) is 9.79 Å². The second-order valence-corrected chi connectivity index (χ2v) is 10.4. The van der Waals surface area contributed by atoms with Gasteiger partial charge in [-0.1, -0.05) is 84.0 Å². The van der Waals surface area contributed by atoms with Gasteiger partial charge in [0.15, 0.2) is 5.91 Å². The molecule has 0 bridgehead atoms. The van der Waals surface area contributed by atoms with E-state index in [1.807, 2.05) is 0 Å². The molecule has 0 aliphatic carbocycles. The van der Waals surface area contributed by atoms with Gasteiger partial charge in [0, 0.05) is 31.8 Å². The lowest BCUT2D eigenvalue weighted by molar-refractivity contribution is -0.139. The van der Waals surface area contributed by atoms with Crippen LogP contribution in [-0.2, 0) is 14.4 Å². The average molecular weight is 491 g/mol. The number of hydrogen-bond donors (Lipinski definition) is 3. The monoisotopic (exact) mass is 490 g/mol. The fourth-order valence-corrected chi connectivity index (χ4v) is 4.55. The summed E-state index contributed by atoms with van der Waals surface area (Å²) in [6, 6.07) is 0. The standard InChI is InChI=1S/C24H44FN2O5P/c1-20-19-23(29)27(24(20)30)18-17-26-22(28)16-14-12-10-8-6-4-2-3-5-7-9-11-13-15-21(25)33(31)32/h20-21,31-32H,2-19H2,1H3,(H,26,28). The molecule has 33 heavy (non-hydrogen) atoms. The zero-order chi connectivity index (χ0) is 24.5. The lowest BCUT2D eigenvalue weighted by atomic mass is 10.0. The molecule has 1 fully saturated rings. The van der Waals surface area contributed by atoms with E-state index in [2.05, 4.69) is 5.32 Å². The van der Waals surface area contributed by atoms with Crippen LogP contribution in [0.1, 0.15) is 110 Å². The van der Waals surface area contributed by atoms with Gasteiger partial charge in [-0.15, -0.1) is 0 Å². The molecule has 0 radical (unpaired) electrons. The normalized spacial score (nSPS) is 17.2. The van der Waals surface area contributed by atoms with Crippen LogP contribution in [0.25, 0.3) is 0 Å². The highest BCUT2D eigenvalue weighted by Gasteiger charge is 2.34. The molecular formula is C24H44FN2O5P. The number of carbonyl (C=O) groups is 3. The van der Waals surface area contributed by atoms with E-state index >= 15 is 0 Å². The van der Waals surface area contributed by atoms with Gasteiger partial charge in [0.2, 0.25) is 26.1 Å². The zero-order valence-electron chi connectivity index (χ0n) is 20.3. The molecule has 0 aromatic carbocycles. The maximum Gasteiger partial charge on any atom is 0.232 e. The van der Waals surface area contributed by atoms with Gasteiger partial charge in [-0.3, -0.25) is 19.3 Å². The molecular weight excluding hydrogens is 446 g/mol. The van der Waals surface area contributed by atoms with Gasteiger partial charge in [-0.05, 0) is 12.8 Å². The van der Waals surface area contributed by atoms with Crippen molar-refractivity contribution in [3.8, 4) is 0 Å². The Hall–Kier alpha value is -1.11. The Labute approximate surface area is 199 Å². The van der Waals surface area contributed by atoms with Gasteiger partial charge in [-0.2, -0.15) is 0 Å². The lowest BCUT2D eigenvalue weighted by Crippen LogP contribution is -2.38. The number of nitrogens with zero attached hydrogens (tertiary/aromatic N) is 1. The number of halogens is 1. The molecule has 192 valence electrons. The third kappa shape index (κ3) is 14.0. The Morgan fingerprint density at radius 3 is 1.91 bits per heavy atom. The van der Waals surface area contributed by atoms with Crippen LogP contribution in [0, 0.1) is 5.92 Å². The molecule has 0 aromatic heterocycles. The number of nitrogens with one attached hydrogen (secondary N) is 1. The minimum atomic E-state index is -2.42. The van der Waals surface area contributed by atoms with Crippen LogP contribution < -0.4 is 5.32 Å².